The second-order valence-electron chi connectivity index (χ2n) is 4.88. The zero-order valence-electron chi connectivity index (χ0n) is 11.3. The van der Waals surface area contributed by atoms with Crippen molar-refractivity contribution in [3.8, 4) is 0 Å². The number of hydrogen-bond acceptors (Lipinski definition) is 1. The molecular weight excluding hydrogens is 248 g/mol. The summed E-state index contributed by atoms with van der Waals surface area (Å²) in [6.07, 6.45) is 0. The minimum atomic E-state index is -0.0792. The van der Waals surface area contributed by atoms with Crippen LogP contribution in [0.1, 0.15) is 21.6 Å². The Hall–Kier alpha value is -2.55. The van der Waals surface area contributed by atoms with Crippen LogP contribution in [0.25, 0.3) is 10.9 Å². The first-order valence-corrected chi connectivity index (χ1v) is 6.64. The number of fused-ring (bicyclic) bond motifs is 1. The quantitative estimate of drug-likeness (QED) is 0.748. The van der Waals surface area contributed by atoms with Gasteiger partial charge in [-0.2, -0.15) is 0 Å². The van der Waals surface area contributed by atoms with Gasteiger partial charge >= 0.3 is 0 Å². The Morgan fingerprint density at radius 1 is 1.10 bits per heavy atom. The van der Waals surface area contributed by atoms with E-state index >= 15 is 0 Å². The molecule has 3 aromatic rings. The molecule has 0 aliphatic heterocycles. The van der Waals surface area contributed by atoms with Crippen molar-refractivity contribution < 1.29 is 4.79 Å². The maximum atomic E-state index is 12.2. The molecule has 3 nitrogen and oxygen atoms in total. The first-order valence-electron chi connectivity index (χ1n) is 6.64. The second kappa shape index (κ2) is 5.21. The van der Waals surface area contributed by atoms with Gasteiger partial charge in [0.2, 0.25) is 0 Å². The van der Waals surface area contributed by atoms with E-state index in [0.717, 1.165) is 16.5 Å². The third-order valence-corrected chi connectivity index (χ3v) is 3.48. The number of hydrogen-bond donors (Lipinski definition) is 2. The lowest BCUT2D eigenvalue weighted by Crippen LogP contribution is -2.23. The van der Waals surface area contributed by atoms with Crippen molar-refractivity contribution in [3.63, 3.8) is 0 Å². The van der Waals surface area contributed by atoms with Crippen molar-refractivity contribution in [2.24, 2.45) is 0 Å². The standard InChI is InChI=1S/C17H16N2O/c1-12-6-2-3-8-14(12)11-18-17(20)16-10-13-7-4-5-9-15(13)19-16/h2-10,19H,11H2,1H3,(H,18,20). The van der Waals surface area contributed by atoms with Crippen LogP contribution in [0.4, 0.5) is 0 Å². The minimum absolute atomic E-state index is 0.0792. The molecule has 3 rings (SSSR count). The van der Waals surface area contributed by atoms with Gasteiger partial charge in [-0.1, -0.05) is 42.5 Å². The molecule has 0 fully saturated rings. The zero-order chi connectivity index (χ0) is 13.9. The van der Waals surface area contributed by atoms with Crippen LogP contribution >= 0.6 is 0 Å². The van der Waals surface area contributed by atoms with Crippen LogP contribution in [0.5, 0.6) is 0 Å². The minimum Gasteiger partial charge on any atom is -0.351 e. The summed E-state index contributed by atoms with van der Waals surface area (Å²) in [4.78, 5) is 15.3. The van der Waals surface area contributed by atoms with Gasteiger partial charge in [0, 0.05) is 17.4 Å². The number of para-hydroxylation sites is 1. The molecule has 0 atom stereocenters. The average molecular weight is 264 g/mol. The molecule has 0 unspecified atom stereocenters. The second-order valence-corrected chi connectivity index (χ2v) is 4.88. The van der Waals surface area contributed by atoms with Gasteiger partial charge in [-0.15, -0.1) is 0 Å². The third kappa shape index (κ3) is 2.43. The third-order valence-electron chi connectivity index (χ3n) is 3.48. The van der Waals surface area contributed by atoms with Gasteiger partial charge in [0.05, 0.1) is 0 Å². The van der Waals surface area contributed by atoms with Crippen molar-refractivity contribution in [1.29, 1.82) is 0 Å². The van der Waals surface area contributed by atoms with E-state index in [-0.39, 0.29) is 5.91 Å². The van der Waals surface area contributed by atoms with E-state index in [2.05, 4.69) is 10.3 Å². The van der Waals surface area contributed by atoms with Gasteiger partial charge in [0.15, 0.2) is 0 Å². The van der Waals surface area contributed by atoms with E-state index in [1.165, 1.54) is 5.56 Å². The summed E-state index contributed by atoms with van der Waals surface area (Å²) in [6.45, 7) is 2.59. The molecule has 2 aromatic carbocycles. The molecule has 0 saturated heterocycles. The number of H-pyrrole nitrogens is 1. The fraction of sp³-hybridized carbons (Fsp3) is 0.118. The summed E-state index contributed by atoms with van der Waals surface area (Å²) in [5.74, 6) is -0.0792. The van der Waals surface area contributed by atoms with Crippen molar-refractivity contribution in [2.75, 3.05) is 0 Å². The topological polar surface area (TPSA) is 44.9 Å². The Kier molecular flexibility index (Phi) is 3.25. The smallest absolute Gasteiger partial charge is 0.267 e. The van der Waals surface area contributed by atoms with Crippen molar-refractivity contribution in [3.05, 3.63) is 71.4 Å². The first-order chi connectivity index (χ1) is 9.74. The zero-order valence-corrected chi connectivity index (χ0v) is 11.3. The molecule has 1 heterocycles. The molecule has 1 aromatic heterocycles. The number of amides is 1. The summed E-state index contributed by atoms with van der Waals surface area (Å²) < 4.78 is 0. The highest BCUT2D eigenvalue weighted by atomic mass is 16.1. The molecule has 0 aliphatic carbocycles. The normalized spacial score (nSPS) is 10.7. The number of carbonyl (C=O) groups is 1. The predicted molar refractivity (Wildman–Crippen MR) is 80.6 cm³/mol. The molecular formula is C17H16N2O. The van der Waals surface area contributed by atoms with Crippen LogP contribution in [0, 0.1) is 6.92 Å². The Morgan fingerprint density at radius 3 is 2.65 bits per heavy atom. The fourth-order valence-electron chi connectivity index (χ4n) is 2.27. The molecule has 20 heavy (non-hydrogen) atoms. The summed E-state index contributed by atoms with van der Waals surface area (Å²) in [5, 5.41) is 4.00. The lowest BCUT2D eigenvalue weighted by atomic mass is 10.1. The Bertz CT molecular complexity index is 725. The summed E-state index contributed by atoms with van der Waals surface area (Å²) in [5.41, 5.74) is 3.90. The van der Waals surface area contributed by atoms with Crippen LogP contribution in [0.2, 0.25) is 0 Å². The van der Waals surface area contributed by atoms with Crippen LogP contribution in [0.3, 0.4) is 0 Å². The first kappa shape index (κ1) is 12.5. The van der Waals surface area contributed by atoms with E-state index in [1.54, 1.807) is 0 Å². The van der Waals surface area contributed by atoms with Gasteiger partial charge in [-0.25, -0.2) is 0 Å². The molecule has 0 bridgehead atoms. The van der Waals surface area contributed by atoms with Gasteiger partial charge in [0.1, 0.15) is 5.69 Å². The molecule has 0 radical (unpaired) electrons. The summed E-state index contributed by atoms with van der Waals surface area (Å²) in [6, 6.07) is 17.8. The molecule has 0 saturated carbocycles. The lowest BCUT2D eigenvalue weighted by molar-refractivity contribution is 0.0946. The van der Waals surface area contributed by atoms with Crippen LogP contribution in [-0.2, 0) is 6.54 Å². The van der Waals surface area contributed by atoms with E-state index in [1.807, 2.05) is 61.5 Å². The number of aromatic nitrogens is 1. The van der Waals surface area contributed by atoms with Crippen molar-refractivity contribution >= 4 is 16.8 Å². The maximum absolute atomic E-state index is 12.2. The highest BCUT2D eigenvalue weighted by Crippen LogP contribution is 2.14. The average Bonchev–Trinajstić information content (AvgIpc) is 2.90. The van der Waals surface area contributed by atoms with Gasteiger partial charge in [-0.05, 0) is 30.2 Å². The van der Waals surface area contributed by atoms with Crippen molar-refractivity contribution in [2.45, 2.75) is 13.5 Å². The van der Waals surface area contributed by atoms with Gasteiger partial charge in [0.25, 0.3) is 5.91 Å². The van der Waals surface area contributed by atoms with Crippen LogP contribution in [0.15, 0.2) is 54.6 Å². The highest BCUT2D eigenvalue weighted by Gasteiger charge is 2.09. The van der Waals surface area contributed by atoms with E-state index in [9.17, 15) is 4.79 Å². The number of nitrogens with one attached hydrogen (secondary N) is 2. The molecule has 3 heteroatoms. The number of carbonyl (C=O) groups excluding carboxylic acids is 1. The van der Waals surface area contributed by atoms with Crippen molar-refractivity contribution in [1.82, 2.24) is 10.3 Å². The number of aryl methyl sites for hydroxylation is 1. The van der Waals surface area contributed by atoms with E-state index < -0.39 is 0 Å². The van der Waals surface area contributed by atoms with E-state index in [0.29, 0.717) is 12.2 Å². The monoisotopic (exact) mass is 264 g/mol. The lowest BCUT2D eigenvalue weighted by Gasteiger charge is -2.06. The van der Waals surface area contributed by atoms with E-state index in [4.69, 9.17) is 0 Å². The highest BCUT2D eigenvalue weighted by molar-refractivity contribution is 5.97. The number of aromatic amines is 1. The number of rotatable bonds is 3. The molecule has 0 spiro atoms. The molecule has 0 aliphatic rings. The number of benzene rings is 2. The molecule has 1 amide bonds. The Morgan fingerprint density at radius 2 is 1.85 bits per heavy atom. The largest absolute Gasteiger partial charge is 0.351 e. The molecule has 2 N–H and O–H groups in total. The Labute approximate surface area is 117 Å². The molecule has 100 valence electrons. The SMILES string of the molecule is Cc1ccccc1CNC(=O)c1cc2ccccc2[nH]1. The van der Waals surface area contributed by atoms with Gasteiger partial charge in [-0.3, -0.25) is 4.79 Å². The maximum Gasteiger partial charge on any atom is 0.267 e. The fourth-order valence-corrected chi connectivity index (χ4v) is 2.27. The summed E-state index contributed by atoms with van der Waals surface area (Å²) >= 11 is 0. The predicted octanol–water partition coefficient (Wildman–Crippen LogP) is 3.41. The van der Waals surface area contributed by atoms with Crippen LogP contribution < -0.4 is 5.32 Å². The van der Waals surface area contributed by atoms with Gasteiger partial charge < -0.3 is 10.3 Å². The summed E-state index contributed by atoms with van der Waals surface area (Å²) in [7, 11) is 0. The Balaban J connectivity index is 1.75. The van der Waals surface area contributed by atoms with Crippen LogP contribution in [-0.4, -0.2) is 10.9 Å².